The van der Waals surface area contributed by atoms with Gasteiger partial charge in [0.2, 0.25) is 0 Å². The molecule has 0 aliphatic heterocycles. The molecule has 1 rings (SSSR count). The predicted octanol–water partition coefficient (Wildman–Crippen LogP) is 1.77. The molecule has 0 aliphatic rings. The first-order chi connectivity index (χ1) is 7.50. The molecule has 1 N–H and O–H groups in total. The second kappa shape index (κ2) is 5.16. The maximum atomic E-state index is 12.6. The fourth-order valence-electron chi connectivity index (χ4n) is 1.05. The van der Waals surface area contributed by atoms with E-state index in [2.05, 4.69) is 10.5 Å². The number of carbonyl (C=O) groups is 2. The van der Waals surface area contributed by atoms with Gasteiger partial charge in [0, 0.05) is 13.8 Å². The number of halogens is 1. The second-order valence-electron chi connectivity index (χ2n) is 3.19. The van der Waals surface area contributed by atoms with Gasteiger partial charge < -0.3 is 0 Å². The number of carbonyl (C=O) groups excluding carboxylic acids is 2. The Balaban J connectivity index is 2.81. The summed E-state index contributed by atoms with van der Waals surface area (Å²) in [5, 5.41) is 3.67. The lowest BCUT2D eigenvalue weighted by atomic mass is 10.2. The smallest absolute Gasteiger partial charge is 0.183 e. The highest BCUT2D eigenvalue weighted by molar-refractivity contribution is 6.65. The van der Waals surface area contributed by atoms with Gasteiger partial charge in [0.05, 0.1) is 5.69 Å². The minimum atomic E-state index is -0.415. The van der Waals surface area contributed by atoms with Crippen LogP contribution in [-0.4, -0.2) is 17.3 Å². The van der Waals surface area contributed by atoms with Crippen LogP contribution >= 0.6 is 0 Å². The molecule has 1 aromatic carbocycles. The van der Waals surface area contributed by atoms with Crippen LogP contribution in [0.25, 0.3) is 0 Å². The highest BCUT2D eigenvalue weighted by atomic mass is 19.1. The molecule has 0 spiro atoms. The monoisotopic (exact) mass is 222 g/mol. The number of hydrogen-bond acceptors (Lipinski definition) is 4. The molecule has 0 saturated carbocycles. The van der Waals surface area contributed by atoms with Gasteiger partial charge in [-0.3, -0.25) is 15.0 Å². The van der Waals surface area contributed by atoms with Crippen molar-refractivity contribution in [2.24, 2.45) is 5.10 Å². The lowest BCUT2D eigenvalue weighted by Gasteiger charge is -2.01. The van der Waals surface area contributed by atoms with Gasteiger partial charge in [-0.1, -0.05) is 0 Å². The van der Waals surface area contributed by atoms with Crippen LogP contribution in [0.1, 0.15) is 13.8 Å². The van der Waals surface area contributed by atoms with Gasteiger partial charge in [0.15, 0.2) is 17.3 Å². The first-order valence-electron chi connectivity index (χ1n) is 4.62. The number of rotatable bonds is 4. The summed E-state index contributed by atoms with van der Waals surface area (Å²) in [6.45, 7) is 2.51. The van der Waals surface area contributed by atoms with Gasteiger partial charge in [-0.15, -0.1) is 0 Å². The van der Waals surface area contributed by atoms with Crippen LogP contribution in [0, 0.1) is 5.82 Å². The summed E-state index contributed by atoms with van der Waals surface area (Å²) in [7, 11) is 0. The lowest BCUT2D eigenvalue weighted by Crippen LogP contribution is -2.20. The maximum Gasteiger partial charge on any atom is 0.183 e. The largest absolute Gasteiger partial charge is 0.293 e. The highest BCUT2D eigenvalue weighted by Crippen LogP contribution is 2.07. The molecule has 0 fully saturated rings. The summed E-state index contributed by atoms with van der Waals surface area (Å²) in [6, 6.07) is 5.41. The summed E-state index contributed by atoms with van der Waals surface area (Å²) >= 11 is 0. The van der Waals surface area contributed by atoms with Crippen molar-refractivity contribution in [3.8, 4) is 0 Å². The van der Waals surface area contributed by atoms with Gasteiger partial charge >= 0.3 is 0 Å². The average Bonchev–Trinajstić information content (AvgIpc) is 2.20. The minimum absolute atomic E-state index is 0.163. The Morgan fingerprint density at radius 3 is 2.06 bits per heavy atom. The Hall–Kier alpha value is -2.04. The summed E-state index contributed by atoms with van der Waals surface area (Å²) in [5.74, 6) is -1.20. The minimum Gasteiger partial charge on any atom is -0.293 e. The topological polar surface area (TPSA) is 58.5 Å². The number of anilines is 1. The molecule has 0 saturated heterocycles. The number of hydrazone groups is 1. The second-order valence-corrected chi connectivity index (χ2v) is 3.19. The summed E-state index contributed by atoms with van der Waals surface area (Å²) in [5.41, 5.74) is 2.85. The third-order valence-electron chi connectivity index (χ3n) is 1.81. The predicted molar refractivity (Wildman–Crippen MR) is 58.8 cm³/mol. The molecule has 84 valence electrons. The van der Waals surface area contributed by atoms with Crippen LogP contribution in [0.5, 0.6) is 0 Å². The van der Waals surface area contributed by atoms with Gasteiger partial charge in [0.1, 0.15) is 5.82 Å². The third kappa shape index (κ3) is 3.27. The molecular weight excluding hydrogens is 211 g/mol. The van der Waals surface area contributed by atoms with E-state index in [9.17, 15) is 14.0 Å². The normalized spacial score (nSPS) is 9.44. The zero-order valence-corrected chi connectivity index (χ0v) is 8.95. The Kier molecular flexibility index (Phi) is 3.88. The number of nitrogens with zero attached hydrogens (tertiary/aromatic N) is 1. The van der Waals surface area contributed by atoms with Crippen LogP contribution in [0.15, 0.2) is 29.4 Å². The molecule has 0 bridgehead atoms. The average molecular weight is 222 g/mol. The van der Waals surface area contributed by atoms with E-state index in [0.29, 0.717) is 5.69 Å². The molecule has 0 heterocycles. The number of ketones is 2. The fourth-order valence-corrected chi connectivity index (χ4v) is 1.05. The number of benzene rings is 1. The van der Waals surface area contributed by atoms with Gasteiger partial charge in [-0.2, -0.15) is 5.10 Å². The first-order valence-corrected chi connectivity index (χ1v) is 4.62. The van der Waals surface area contributed by atoms with Crippen LogP contribution in [0.2, 0.25) is 0 Å². The zero-order chi connectivity index (χ0) is 12.1. The molecule has 0 radical (unpaired) electrons. The molecule has 5 heteroatoms. The number of Topliss-reactive ketones (excluding diaryl/α,β-unsaturated/α-hetero) is 2. The van der Waals surface area contributed by atoms with Crippen LogP contribution in [0.4, 0.5) is 10.1 Å². The fraction of sp³-hybridized carbons (Fsp3) is 0.182. The molecule has 0 unspecified atom stereocenters. The quantitative estimate of drug-likeness (QED) is 0.480. The van der Waals surface area contributed by atoms with E-state index in [1.807, 2.05) is 0 Å². The Labute approximate surface area is 92.2 Å². The third-order valence-corrected chi connectivity index (χ3v) is 1.81. The molecule has 0 amide bonds. The molecule has 4 nitrogen and oxygen atoms in total. The van der Waals surface area contributed by atoms with E-state index in [1.165, 1.54) is 38.1 Å². The van der Waals surface area contributed by atoms with Crippen LogP contribution in [-0.2, 0) is 9.59 Å². The first kappa shape index (κ1) is 12.0. The maximum absolute atomic E-state index is 12.6. The summed E-state index contributed by atoms with van der Waals surface area (Å²) in [6.07, 6.45) is 0. The van der Waals surface area contributed by atoms with Crippen molar-refractivity contribution < 1.29 is 14.0 Å². The Morgan fingerprint density at radius 2 is 1.62 bits per heavy atom. The summed E-state index contributed by atoms with van der Waals surface area (Å²) < 4.78 is 12.6. The lowest BCUT2D eigenvalue weighted by molar-refractivity contribution is -0.114. The van der Waals surface area contributed by atoms with E-state index in [1.54, 1.807) is 0 Å². The molecule has 1 aromatic rings. The molecule has 16 heavy (non-hydrogen) atoms. The van der Waals surface area contributed by atoms with Gasteiger partial charge in [-0.25, -0.2) is 4.39 Å². The van der Waals surface area contributed by atoms with E-state index < -0.39 is 11.6 Å². The number of hydrogen-bond donors (Lipinski definition) is 1. The SMILES string of the molecule is CC(=O)C(=NNc1ccc(F)cc1)C(C)=O. The highest BCUT2D eigenvalue weighted by Gasteiger charge is 2.11. The van der Waals surface area contributed by atoms with Crippen molar-refractivity contribution in [3.63, 3.8) is 0 Å². The van der Waals surface area contributed by atoms with E-state index in [0.717, 1.165) is 0 Å². The number of nitrogens with one attached hydrogen (secondary N) is 1. The molecular formula is C11H11FN2O2. The van der Waals surface area contributed by atoms with Gasteiger partial charge in [0.25, 0.3) is 0 Å². The van der Waals surface area contributed by atoms with Crippen molar-refractivity contribution in [1.82, 2.24) is 0 Å². The van der Waals surface area contributed by atoms with Crippen molar-refractivity contribution >= 4 is 23.0 Å². The van der Waals surface area contributed by atoms with E-state index in [4.69, 9.17) is 0 Å². The van der Waals surface area contributed by atoms with Gasteiger partial charge in [-0.05, 0) is 24.3 Å². The molecule has 0 aromatic heterocycles. The van der Waals surface area contributed by atoms with Crippen molar-refractivity contribution in [1.29, 1.82) is 0 Å². The Bertz CT molecular complexity index is 422. The van der Waals surface area contributed by atoms with Crippen LogP contribution < -0.4 is 5.43 Å². The summed E-state index contributed by atoms with van der Waals surface area (Å²) in [4.78, 5) is 22.0. The molecule has 0 atom stereocenters. The van der Waals surface area contributed by atoms with Crippen LogP contribution in [0.3, 0.4) is 0 Å². The molecule has 0 aliphatic carbocycles. The van der Waals surface area contributed by atoms with Crippen molar-refractivity contribution in [3.05, 3.63) is 30.1 Å². The van der Waals surface area contributed by atoms with E-state index >= 15 is 0 Å². The van der Waals surface area contributed by atoms with E-state index in [-0.39, 0.29) is 11.5 Å². The van der Waals surface area contributed by atoms with Crippen molar-refractivity contribution in [2.75, 3.05) is 5.43 Å². The standard InChI is InChI=1S/C11H11FN2O2/c1-7(15)11(8(2)16)14-13-10-5-3-9(12)4-6-10/h3-6,13H,1-2H3. The van der Waals surface area contributed by atoms with Crippen molar-refractivity contribution in [2.45, 2.75) is 13.8 Å². The Morgan fingerprint density at radius 1 is 1.12 bits per heavy atom. The zero-order valence-electron chi connectivity index (χ0n) is 8.95.